The molecule has 0 aliphatic heterocycles. The third kappa shape index (κ3) is 2.45. The van der Waals surface area contributed by atoms with Gasteiger partial charge in [0.2, 0.25) is 0 Å². The molecule has 2 rings (SSSR count). The monoisotopic (exact) mass is 258 g/mol. The molecule has 19 heavy (non-hydrogen) atoms. The summed E-state index contributed by atoms with van der Waals surface area (Å²) in [6.07, 6.45) is 1.56. The van der Waals surface area contributed by atoms with Gasteiger partial charge in [-0.25, -0.2) is 9.97 Å². The first-order valence-electron chi connectivity index (χ1n) is 6.05. The Balaban J connectivity index is 2.47. The average molecular weight is 258 g/mol. The second kappa shape index (κ2) is 5.56. The normalized spacial score (nSPS) is 10.1. The smallest absolute Gasteiger partial charge is 0.142 e. The Bertz CT molecular complexity index is 571. The van der Waals surface area contributed by atoms with Gasteiger partial charge in [0.1, 0.15) is 23.7 Å². The fourth-order valence-corrected chi connectivity index (χ4v) is 2.05. The van der Waals surface area contributed by atoms with E-state index in [0.717, 1.165) is 28.6 Å². The molecule has 0 bridgehead atoms. The predicted molar refractivity (Wildman–Crippen MR) is 77.4 cm³/mol. The lowest BCUT2D eigenvalue weighted by Crippen LogP contribution is -2.15. The molecule has 0 spiro atoms. The zero-order valence-electron chi connectivity index (χ0n) is 11.6. The molecule has 0 aliphatic carbocycles. The topological polar surface area (TPSA) is 50.3 Å². The molecule has 0 fully saturated rings. The highest BCUT2D eigenvalue weighted by atomic mass is 16.5. The number of ether oxygens (including phenoxy) is 1. The zero-order valence-corrected chi connectivity index (χ0v) is 11.6. The van der Waals surface area contributed by atoms with Crippen LogP contribution in [0.2, 0.25) is 0 Å². The number of para-hydroxylation sites is 2. The summed E-state index contributed by atoms with van der Waals surface area (Å²) in [6, 6.07) is 7.85. The highest BCUT2D eigenvalue weighted by Crippen LogP contribution is 2.33. The highest BCUT2D eigenvalue weighted by Gasteiger charge is 2.14. The van der Waals surface area contributed by atoms with E-state index < -0.39 is 0 Å². The number of nitrogens with zero attached hydrogens (tertiary/aromatic N) is 3. The van der Waals surface area contributed by atoms with Crippen LogP contribution in [-0.4, -0.2) is 31.2 Å². The van der Waals surface area contributed by atoms with Gasteiger partial charge in [0.25, 0.3) is 0 Å². The van der Waals surface area contributed by atoms with Crippen molar-refractivity contribution in [1.29, 1.82) is 0 Å². The first-order valence-corrected chi connectivity index (χ1v) is 6.05. The summed E-state index contributed by atoms with van der Waals surface area (Å²) in [5.41, 5.74) is 1.97. The number of benzene rings is 1. The quantitative estimate of drug-likeness (QED) is 0.913. The largest absolute Gasteiger partial charge is 0.495 e. The molecule has 5 nitrogen and oxygen atoms in total. The van der Waals surface area contributed by atoms with Crippen molar-refractivity contribution in [3.63, 3.8) is 0 Å². The number of aromatic nitrogens is 2. The van der Waals surface area contributed by atoms with Gasteiger partial charge >= 0.3 is 0 Å². The first kappa shape index (κ1) is 13.1. The van der Waals surface area contributed by atoms with Gasteiger partial charge < -0.3 is 15.0 Å². The molecule has 0 saturated heterocycles. The summed E-state index contributed by atoms with van der Waals surface area (Å²) in [5.74, 6) is 2.49. The predicted octanol–water partition coefficient (Wildman–Crippen LogP) is 2.60. The summed E-state index contributed by atoms with van der Waals surface area (Å²) in [5, 5.41) is 3.06. The Morgan fingerprint density at radius 3 is 2.63 bits per heavy atom. The van der Waals surface area contributed by atoms with Gasteiger partial charge in [0.05, 0.1) is 12.8 Å². The summed E-state index contributed by atoms with van der Waals surface area (Å²) >= 11 is 0. The minimum atomic E-state index is 0.814. The maximum atomic E-state index is 5.38. The maximum Gasteiger partial charge on any atom is 0.142 e. The number of nitrogens with one attached hydrogen (secondary N) is 1. The van der Waals surface area contributed by atoms with Gasteiger partial charge in [-0.3, -0.25) is 0 Å². The molecule has 0 saturated carbocycles. The van der Waals surface area contributed by atoms with Gasteiger partial charge in [-0.1, -0.05) is 12.1 Å². The molecule has 1 N–H and O–H groups in total. The van der Waals surface area contributed by atoms with Gasteiger partial charge in [0, 0.05) is 19.7 Å². The standard InChI is InChI=1S/C14H18N4O/c1-10-13(15-2)16-9-17-14(10)18(3)11-7-5-6-8-12(11)19-4/h5-9H,1-4H3,(H,15,16,17). The van der Waals surface area contributed by atoms with E-state index in [0.29, 0.717) is 0 Å². The molecule has 1 aromatic carbocycles. The van der Waals surface area contributed by atoms with Crippen molar-refractivity contribution in [3.05, 3.63) is 36.2 Å². The Kier molecular flexibility index (Phi) is 3.85. The van der Waals surface area contributed by atoms with E-state index in [1.165, 1.54) is 0 Å². The van der Waals surface area contributed by atoms with Crippen molar-refractivity contribution in [3.8, 4) is 5.75 Å². The van der Waals surface area contributed by atoms with Crippen molar-refractivity contribution in [2.45, 2.75) is 6.92 Å². The average Bonchev–Trinajstić information content (AvgIpc) is 2.46. The van der Waals surface area contributed by atoms with Gasteiger partial charge in [0.15, 0.2) is 0 Å². The lowest BCUT2D eigenvalue weighted by Gasteiger charge is -2.22. The Labute approximate surface area is 113 Å². The Morgan fingerprint density at radius 2 is 1.95 bits per heavy atom. The van der Waals surface area contributed by atoms with Crippen molar-refractivity contribution >= 4 is 17.3 Å². The molecule has 0 radical (unpaired) electrons. The second-order valence-electron chi connectivity index (χ2n) is 4.15. The second-order valence-corrected chi connectivity index (χ2v) is 4.15. The van der Waals surface area contributed by atoms with Crippen LogP contribution in [0.5, 0.6) is 5.75 Å². The van der Waals surface area contributed by atoms with Crippen molar-refractivity contribution in [1.82, 2.24) is 9.97 Å². The number of methoxy groups -OCH3 is 1. The highest BCUT2D eigenvalue weighted by molar-refractivity contribution is 5.70. The molecule has 1 aromatic heterocycles. The van der Waals surface area contributed by atoms with Crippen molar-refractivity contribution in [2.75, 3.05) is 31.4 Å². The van der Waals surface area contributed by atoms with Crippen molar-refractivity contribution in [2.24, 2.45) is 0 Å². The van der Waals surface area contributed by atoms with Crippen LogP contribution >= 0.6 is 0 Å². The number of anilines is 3. The molecule has 100 valence electrons. The van der Waals surface area contributed by atoms with E-state index in [2.05, 4.69) is 15.3 Å². The van der Waals surface area contributed by atoms with Gasteiger partial charge in [-0.15, -0.1) is 0 Å². The van der Waals surface area contributed by atoms with E-state index in [-0.39, 0.29) is 0 Å². The summed E-state index contributed by atoms with van der Waals surface area (Å²) in [4.78, 5) is 10.6. The zero-order chi connectivity index (χ0) is 13.8. The molecule has 0 atom stereocenters. The molecule has 2 aromatic rings. The first-order chi connectivity index (χ1) is 9.19. The van der Waals surface area contributed by atoms with Crippen molar-refractivity contribution < 1.29 is 4.74 Å². The summed E-state index contributed by atoms with van der Waals surface area (Å²) in [6.45, 7) is 1.99. The van der Waals surface area contributed by atoms with E-state index in [1.807, 2.05) is 50.2 Å². The van der Waals surface area contributed by atoms with Crippen LogP contribution in [0.3, 0.4) is 0 Å². The molecule has 0 aliphatic rings. The van der Waals surface area contributed by atoms with Crippen LogP contribution in [0, 0.1) is 6.92 Å². The van der Waals surface area contributed by atoms with E-state index in [4.69, 9.17) is 4.74 Å². The fourth-order valence-electron chi connectivity index (χ4n) is 2.05. The lowest BCUT2D eigenvalue weighted by molar-refractivity contribution is 0.415. The van der Waals surface area contributed by atoms with E-state index >= 15 is 0 Å². The maximum absolute atomic E-state index is 5.38. The van der Waals surface area contributed by atoms with Crippen LogP contribution in [0.1, 0.15) is 5.56 Å². The fraction of sp³-hybridized carbons (Fsp3) is 0.286. The number of hydrogen-bond acceptors (Lipinski definition) is 5. The summed E-state index contributed by atoms with van der Waals surface area (Å²) in [7, 11) is 5.48. The third-order valence-corrected chi connectivity index (χ3v) is 3.06. The SMILES string of the molecule is CNc1ncnc(N(C)c2ccccc2OC)c1C. The minimum Gasteiger partial charge on any atom is -0.495 e. The third-order valence-electron chi connectivity index (χ3n) is 3.06. The molecule has 0 amide bonds. The number of rotatable bonds is 4. The Hall–Kier alpha value is -2.30. The van der Waals surface area contributed by atoms with Crippen LogP contribution < -0.4 is 15.0 Å². The van der Waals surface area contributed by atoms with Crippen LogP contribution in [0.4, 0.5) is 17.3 Å². The van der Waals surface area contributed by atoms with Crippen LogP contribution in [0.25, 0.3) is 0 Å². The minimum absolute atomic E-state index is 0.814. The molecular formula is C14H18N4O. The molecule has 1 heterocycles. The van der Waals surface area contributed by atoms with E-state index in [1.54, 1.807) is 13.4 Å². The lowest BCUT2D eigenvalue weighted by atomic mass is 10.2. The molecule has 0 unspecified atom stereocenters. The van der Waals surface area contributed by atoms with Crippen LogP contribution in [-0.2, 0) is 0 Å². The Morgan fingerprint density at radius 1 is 1.21 bits per heavy atom. The molecule has 5 heteroatoms. The summed E-state index contributed by atoms with van der Waals surface area (Å²) < 4.78 is 5.38. The molecular weight excluding hydrogens is 240 g/mol. The van der Waals surface area contributed by atoms with Crippen LogP contribution in [0.15, 0.2) is 30.6 Å². The van der Waals surface area contributed by atoms with Gasteiger partial charge in [-0.05, 0) is 19.1 Å². The van der Waals surface area contributed by atoms with E-state index in [9.17, 15) is 0 Å². The van der Waals surface area contributed by atoms with Gasteiger partial charge in [-0.2, -0.15) is 0 Å². The number of hydrogen-bond donors (Lipinski definition) is 1.